The molecule has 6 nitrogen and oxygen atoms in total. The van der Waals surface area contributed by atoms with E-state index in [0.29, 0.717) is 16.8 Å². The lowest BCUT2D eigenvalue weighted by Crippen LogP contribution is -2.17. The number of nitrogens with one attached hydrogen (secondary N) is 2. The van der Waals surface area contributed by atoms with Crippen LogP contribution in [0.4, 0.5) is 24.7 Å². The highest BCUT2D eigenvalue weighted by Crippen LogP contribution is 2.34. The van der Waals surface area contributed by atoms with Gasteiger partial charge in [0.05, 0.1) is 10.9 Å². The van der Waals surface area contributed by atoms with Crippen molar-refractivity contribution in [2.45, 2.75) is 6.36 Å². The first-order chi connectivity index (χ1) is 16.3. The van der Waals surface area contributed by atoms with Crippen LogP contribution in [0.15, 0.2) is 78.9 Å². The number of nitrogen functional groups attached to an aromatic ring is 1. The molecule has 0 unspecified atom stereocenters. The van der Waals surface area contributed by atoms with E-state index in [1.807, 2.05) is 42.5 Å². The van der Waals surface area contributed by atoms with Gasteiger partial charge in [-0.15, -0.1) is 13.2 Å². The molecule has 5 rings (SSSR count). The highest BCUT2D eigenvalue weighted by molar-refractivity contribution is 6.13. The van der Waals surface area contributed by atoms with E-state index in [1.54, 1.807) is 12.1 Å². The first-order valence-electron chi connectivity index (χ1n) is 10.2. The van der Waals surface area contributed by atoms with Crippen molar-refractivity contribution in [1.82, 2.24) is 10.2 Å². The predicted molar refractivity (Wildman–Crippen MR) is 125 cm³/mol. The number of aromatic amines is 1. The number of carbonyl (C=O) groups is 1. The largest absolute Gasteiger partial charge is 0.573 e. The minimum Gasteiger partial charge on any atom is -0.406 e. The lowest BCUT2D eigenvalue weighted by Gasteiger charge is -2.12. The summed E-state index contributed by atoms with van der Waals surface area (Å²) in [4.78, 5) is 13.0. The number of fused-ring (bicyclic) bond motifs is 2. The fraction of sp³-hybridized carbons (Fsp3) is 0.0400. The number of benzene rings is 4. The number of rotatable bonds is 4. The van der Waals surface area contributed by atoms with Gasteiger partial charge in [-0.3, -0.25) is 9.89 Å². The molecule has 4 N–H and O–H groups in total. The number of nitrogens with zero attached hydrogens (tertiary/aromatic N) is 1. The molecule has 0 saturated heterocycles. The van der Waals surface area contributed by atoms with Crippen LogP contribution < -0.4 is 15.8 Å². The number of hydrogen-bond donors (Lipinski definition) is 3. The summed E-state index contributed by atoms with van der Waals surface area (Å²) in [7, 11) is 0. The smallest absolute Gasteiger partial charge is 0.406 e. The summed E-state index contributed by atoms with van der Waals surface area (Å²) in [5.41, 5.74) is 9.23. The molecule has 1 heterocycles. The number of alkyl halides is 3. The highest BCUT2D eigenvalue weighted by Gasteiger charge is 2.31. The van der Waals surface area contributed by atoms with Crippen molar-refractivity contribution in [1.29, 1.82) is 0 Å². The first kappa shape index (κ1) is 21.3. The molecule has 0 atom stereocenters. The molecule has 0 bridgehead atoms. The van der Waals surface area contributed by atoms with Crippen LogP contribution in [0.2, 0.25) is 0 Å². The summed E-state index contributed by atoms with van der Waals surface area (Å²) in [5.74, 6) is -0.472. The van der Waals surface area contributed by atoms with Gasteiger partial charge in [-0.05, 0) is 52.2 Å². The summed E-state index contributed by atoms with van der Waals surface area (Å²) in [5, 5.41) is 11.9. The molecule has 9 heteroatoms. The maximum absolute atomic E-state index is 13.0. The number of halogens is 3. The van der Waals surface area contributed by atoms with Gasteiger partial charge < -0.3 is 15.8 Å². The van der Waals surface area contributed by atoms with Crippen LogP contribution in [0.25, 0.3) is 32.8 Å². The van der Waals surface area contributed by atoms with Gasteiger partial charge in [-0.2, -0.15) is 5.10 Å². The molecule has 34 heavy (non-hydrogen) atoms. The number of amides is 1. The van der Waals surface area contributed by atoms with E-state index in [-0.39, 0.29) is 5.69 Å². The summed E-state index contributed by atoms with van der Waals surface area (Å²) in [6.07, 6.45) is -4.82. The van der Waals surface area contributed by atoms with E-state index in [9.17, 15) is 18.0 Å². The summed E-state index contributed by atoms with van der Waals surface area (Å²) in [6, 6.07) is 21.8. The summed E-state index contributed by atoms with van der Waals surface area (Å²) >= 11 is 0. The van der Waals surface area contributed by atoms with Gasteiger partial charge in [0.1, 0.15) is 5.75 Å². The van der Waals surface area contributed by atoms with Gasteiger partial charge >= 0.3 is 6.36 Å². The minimum atomic E-state index is -4.82. The van der Waals surface area contributed by atoms with Gasteiger partial charge in [-0.25, -0.2) is 0 Å². The van der Waals surface area contributed by atoms with Gasteiger partial charge in [0.2, 0.25) is 0 Å². The second-order valence-corrected chi connectivity index (χ2v) is 7.61. The monoisotopic (exact) mass is 462 g/mol. The maximum atomic E-state index is 13.0. The molecule has 1 amide bonds. The molecule has 0 aliphatic rings. The van der Waals surface area contributed by atoms with Crippen LogP contribution in [0.3, 0.4) is 0 Å². The SMILES string of the molecule is Nc1n[nH]c2cccc(-c3ccc4c(C(=O)Nc5cccc(OC(F)(F)F)c5)cccc4c3)c12. The van der Waals surface area contributed by atoms with Crippen molar-refractivity contribution < 1.29 is 22.7 Å². The zero-order valence-corrected chi connectivity index (χ0v) is 17.5. The predicted octanol–water partition coefficient (Wildman–Crippen LogP) is 6.12. The molecule has 0 radical (unpaired) electrons. The van der Waals surface area contributed by atoms with E-state index < -0.39 is 18.0 Å². The van der Waals surface area contributed by atoms with Gasteiger partial charge in [0, 0.05) is 17.3 Å². The zero-order valence-electron chi connectivity index (χ0n) is 17.5. The van der Waals surface area contributed by atoms with Crippen LogP contribution in [0.1, 0.15) is 10.4 Å². The minimum absolute atomic E-state index is 0.183. The third-order valence-electron chi connectivity index (χ3n) is 5.38. The Morgan fingerprint density at radius 2 is 1.76 bits per heavy atom. The topological polar surface area (TPSA) is 93.0 Å². The number of nitrogens with two attached hydrogens (primary N) is 1. The van der Waals surface area contributed by atoms with Crippen molar-refractivity contribution >= 4 is 39.1 Å². The second-order valence-electron chi connectivity index (χ2n) is 7.61. The molecule has 1 aromatic heterocycles. The summed E-state index contributed by atoms with van der Waals surface area (Å²) < 4.78 is 41.4. The van der Waals surface area contributed by atoms with Crippen molar-refractivity contribution in [3.63, 3.8) is 0 Å². The molecular formula is C25H17F3N4O2. The van der Waals surface area contributed by atoms with E-state index in [0.717, 1.165) is 39.5 Å². The van der Waals surface area contributed by atoms with E-state index in [2.05, 4.69) is 20.3 Å². The number of ether oxygens (including phenoxy) is 1. The Morgan fingerprint density at radius 1 is 0.971 bits per heavy atom. The maximum Gasteiger partial charge on any atom is 0.573 e. The molecule has 5 aromatic rings. The molecule has 4 aromatic carbocycles. The number of aromatic nitrogens is 2. The molecule has 170 valence electrons. The number of H-pyrrole nitrogens is 1. The van der Waals surface area contributed by atoms with Crippen molar-refractivity contribution in [2.75, 3.05) is 11.1 Å². The van der Waals surface area contributed by atoms with E-state index in [4.69, 9.17) is 5.73 Å². The first-order valence-corrected chi connectivity index (χ1v) is 10.2. The lowest BCUT2D eigenvalue weighted by atomic mass is 9.96. The average molecular weight is 462 g/mol. The Hall–Kier alpha value is -4.53. The van der Waals surface area contributed by atoms with Crippen LogP contribution >= 0.6 is 0 Å². The Bertz CT molecular complexity index is 1540. The summed E-state index contributed by atoms with van der Waals surface area (Å²) in [6.45, 7) is 0. The van der Waals surface area contributed by atoms with Crippen LogP contribution in [0, 0.1) is 0 Å². The van der Waals surface area contributed by atoms with Crippen molar-refractivity contribution in [2.24, 2.45) is 0 Å². The Labute approximate surface area is 191 Å². The second kappa shape index (κ2) is 8.11. The molecule has 0 saturated carbocycles. The normalized spacial score (nSPS) is 11.6. The molecular weight excluding hydrogens is 445 g/mol. The van der Waals surface area contributed by atoms with E-state index in [1.165, 1.54) is 12.1 Å². The third kappa shape index (κ3) is 4.11. The van der Waals surface area contributed by atoms with Crippen molar-refractivity contribution in [3.8, 4) is 16.9 Å². The Balaban J connectivity index is 1.48. The van der Waals surface area contributed by atoms with Gasteiger partial charge in [0.15, 0.2) is 5.82 Å². The van der Waals surface area contributed by atoms with Crippen LogP contribution in [0.5, 0.6) is 5.75 Å². The Kier molecular flexibility index (Phi) is 5.09. The number of anilines is 2. The fourth-order valence-corrected chi connectivity index (χ4v) is 3.96. The number of hydrogen-bond acceptors (Lipinski definition) is 4. The number of carbonyl (C=O) groups excluding carboxylic acids is 1. The third-order valence-corrected chi connectivity index (χ3v) is 5.38. The molecule has 0 aliphatic heterocycles. The highest BCUT2D eigenvalue weighted by atomic mass is 19.4. The quantitative estimate of drug-likeness (QED) is 0.300. The van der Waals surface area contributed by atoms with E-state index >= 15 is 0 Å². The molecule has 0 spiro atoms. The lowest BCUT2D eigenvalue weighted by molar-refractivity contribution is -0.274. The van der Waals surface area contributed by atoms with Crippen LogP contribution in [-0.4, -0.2) is 22.5 Å². The molecule has 0 aliphatic carbocycles. The fourth-order valence-electron chi connectivity index (χ4n) is 3.96. The standard InChI is InChI=1S/C25H17F3N4O2/c26-25(27,28)34-17-6-2-5-16(13-17)30-24(33)20-8-1-4-14-12-15(10-11-18(14)20)19-7-3-9-21-22(19)23(29)32-31-21/h1-13H,(H,30,33)(H3,29,31,32). The van der Waals surface area contributed by atoms with Crippen LogP contribution in [-0.2, 0) is 0 Å². The molecule has 0 fully saturated rings. The zero-order chi connectivity index (χ0) is 23.9. The van der Waals surface area contributed by atoms with Gasteiger partial charge in [0.25, 0.3) is 5.91 Å². The average Bonchev–Trinajstić information content (AvgIpc) is 3.18. The van der Waals surface area contributed by atoms with Crippen molar-refractivity contribution in [3.05, 3.63) is 84.4 Å². The van der Waals surface area contributed by atoms with Gasteiger partial charge in [-0.1, -0.05) is 42.5 Å². The Morgan fingerprint density at radius 3 is 2.59 bits per heavy atom.